The maximum Gasteiger partial charge on any atom is 0.438 e. The van der Waals surface area contributed by atoms with Crippen molar-refractivity contribution in [1.29, 1.82) is 0 Å². The van der Waals surface area contributed by atoms with Crippen LogP contribution in [-0.2, 0) is 11.2 Å². The van der Waals surface area contributed by atoms with Gasteiger partial charge >= 0.3 is 6.18 Å². The van der Waals surface area contributed by atoms with Gasteiger partial charge in [-0.3, -0.25) is 4.79 Å². The van der Waals surface area contributed by atoms with Crippen molar-refractivity contribution in [2.24, 2.45) is 5.10 Å². The number of aryl methyl sites for hydroxylation is 1. The molecule has 1 heterocycles. The number of hydrogen-bond donors (Lipinski definition) is 2. The zero-order valence-electron chi connectivity index (χ0n) is 15.5. The molecule has 0 saturated carbocycles. The summed E-state index contributed by atoms with van der Waals surface area (Å²) in [7, 11) is 1.41. The number of hydrogen-bond acceptors (Lipinski definition) is 5. The van der Waals surface area contributed by atoms with Gasteiger partial charge in [-0.25, -0.2) is 0 Å². The molecule has 2 aromatic rings. The minimum atomic E-state index is -5.11. The Hall–Kier alpha value is -3.07. The first-order chi connectivity index (χ1) is 13.7. The summed E-state index contributed by atoms with van der Waals surface area (Å²) in [5, 5.41) is 24.0. The zero-order valence-corrected chi connectivity index (χ0v) is 15.5. The molecule has 1 atom stereocenters. The first kappa shape index (κ1) is 20.7. The molecule has 9 heteroatoms. The van der Waals surface area contributed by atoms with Crippen LogP contribution in [0.2, 0.25) is 0 Å². The van der Waals surface area contributed by atoms with Crippen LogP contribution in [0.15, 0.2) is 53.6 Å². The Bertz CT molecular complexity index is 945. The molecule has 0 radical (unpaired) electrons. The lowest BCUT2D eigenvalue weighted by molar-refractivity contribution is -0.302. The quantitative estimate of drug-likeness (QED) is 0.796. The van der Waals surface area contributed by atoms with E-state index >= 15 is 0 Å². The van der Waals surface area contributed by atoms with Gasteiger partial charge in [0.05, 0.1) is 19.2 Å². The first-order valence-corrected chi connectivity index (χ1v) is 8.76. The Morgan fingerprint density at radius 2 is 1.97 bits per heavy atom. The summed E-state index contributed by atoms with van der Waals surface area (Å²) in [5.41, 5.74) is -2.81. The van der Waals surface area contributed by atoms with Gasteiger partial charge in [-0.05, 0) is 30.2 Å². The minimum Gasteiger partial charge on any atom is -0.508 e. The van der Waals surface area contributed by atoms with Gasteiger partial charge in [-0.2, -0.15) is 23.3 Å². The largest absolute Gasteiger partial charge is 0.508 e. The van der Waals surface area contributed by atoms with Crippen LogP contribution >= 0.6 is 0 Å². The molecule has 0 fully saturated rings. The summed E-state index contributed by atoms with van der Waals surface area (Å²) in [6.07, 6.45) is -6.38. The lowest BCUT2D eigenvalue weighted by Gasteiger charge is -2.32. The van der Waals surface area contributed by atoms with Crippen molar-refractivity contribution in [1.82, 2.24) is 5.01 Å². The average molecular weight is 408 g/mol. The lowest BCUT2D eigenvalue weighted by Crippen LogP contribution is -2.56. The second-order valence-electron chi connectivity index (χ2n) is 6.60. The monoisotopic (exact) mass is 408 g/mol. The van der Waals surface area contributed by atoms with Crippen LogP contribution in [0.1, 0.15) is 24.0 Å². The number of amides is 1. The Labute approximate surface area is 164 Å². The molecule has 154 valence electrons. The molecule has 0 aliphatic carbocycles. The summed E-state index contributed by atoms with van der Waals surface area (Å²) >= 11 is 0. The number of carbonyl (C=O) groups is 1. The number of nitrogens with zero attached hydrogens (tertiary/aromatic N) is 2. The number of aliphatic hydroxyl groups is 1. The normalized spacial score (nSPS) is 19.2. The van der Waals surface area contributed by atoms with Crippen molar-refractivity contribution >= 4 is 11.6 Å². The van der Waals surface area contributed by atoms with Crippen LogP contribution in [0, 0.1) is 0 Å². The predicted octanol–water partition coefficient (Wildman–Crippen LogP) is 3.22. The third-order valence-electron chi connectivity index (χ3n) is 4.68. The number of phenols is 1. The number of alkyl halides is 3. The maximum atomic E-state index is 13.6. The number of halogens is 3. The fraction of sp³-hybridized carbons (Fsp3) is 0.300. The van der Waals surface area contributed by atoms with Crippen molar-refractivity contribution in [2.45, 2.75) is 31.2 Å². The van der Waals surface area contributed by atoms with Crippen LogP contribution in [0.5, 0.6) is 11.5 Å². The molecular formula is C20H19F3N2O4. The van der Waals surface area contributed by atoms with Gasteiger partial charge in [0.15, 0.2) is 0 Å². The highest BCUT2D eigenvalue weighted by atomic mass is 19.4. The highest BCUT2D eigenvalue weighted by Crippen LogP contribution is 2.42. The molecule has 1 amide bonds. The standard InChI is InChI=1S/C20H19F3N2O4/c1-29-15-7-4-6-14(11-15)16-12-19(28,20(21,22)23)25(24-16)18(27)10-9-13-5-2-3-8-17(13)26/h2-8,11,26,28H,9-10,12H2,1H3/t19-/m0/s1. The molecule has 0 bridgehead atoms. The molecule has 0 aromatic heterocycles. The minimum absolute atomic E-state index is 0.0000427. The van der Waals surface area contributed by atoms with Crippen molar-refractivity contribution in [2.75, 3.05) is 7.11 Å². The predicted molar refractivity (Wildman–Crippen MR) is 98.4 cm³/mol. The Morgan fingerprint density at radius 1 is 1.24 bits per heavy atom. The van der Waals surface area contributed by atoms with Crippen molar-refractivity contribution in [3.63, 3.8) is 0 Å². The fourth-order valence-corrected chi connectivity index (χ4v) is 3.06. The maximum absolute atomic E-state index is 13.6. The fourth-order valence-electron chi connectivity index (χ4n) is 3.06. The Morgan fingerprint density at radius 3 is 2.62 bits per heavy atom. The van der Waals surface area contributed by atoms with Crippen molar-refractivity contribution in [3.8, 4) is 11.5 Å². The molecule has 2 aromatic carbocycles. The van der Waals surface area contributed by atoms with E-state index < -0.39 is 24.2 Å². The number of phenolic OH excluding ortho intramolecular Hbond substituents is 1. The third-order valence-corrected chi connectivity index (χ3v) is 4.68. The Balaban J connectivity index is 1.88. The van der Waals surface area contributed by atoms with Gasteiger partial charge in [0.25, 0.3) is 5.72 Å². The van der Waals surface area contributed by atoms with E-state index in [1.165, 1.54) is 25.3 Å². The molecule has 29 heavy (non-hydrogen) atoms. The van der Waals surface area contributed by atoms with Gasteiger partial charge in [-0.1, -0.05) is 30.3 Å². The van der Waals surface area contributed by atoms with Crippen molar-refractivity contribution in [3.05, 3.63) is 59.7 Å². The van der Waals surface area contributed by atoms with E-state index in [0.29, 0.717) is 16.9 Å². The molecule has 0 spiro atoms. The van der Waals surface area contributed by atoms with Crippen molar-refractivity contribution < 1.29 is 32.9 Å². The number of carbonyl (C=O) groups excluding carboxylic acids is 1. The molecule has 6 nitrogen and oxygen atoms in total. The number of hydrazone groups is 1. The number of methoxy groups -OCH3 is 1. The molecule has 0 saturated heterocycles. The van der Waals surface area contributed by atoms with E-state index in [9.17, 15) is 28.2 Å². The summed E-state index contributed by atoms with van der Waals surface area (Å²) < 4.78 is 46.0. The number of para-hydroxylation sites is 1. The lowest BCUT2D eigenvalue weighted by atomic mass is 10.0. The van der Waals surface area contributed by atoms with Gasteiger partial charge in [0, 0.05) is 12.0 Å². The van der Waals surface area contributed by atoms with E-state index in [-0.39, 0.29) is 29.3 Å². The molecule has 1 aliphatic rings. The number of ether oxygens (including phenoxy) is 1. The van der Waals surface area contributed by atoms with Gasteiger partial charge in [-0.15, -0.1) is 0 Å². The van der Waals surface area contributed by atoms with E-state index in [2.05, 4.69) is 5.10 Å². The smallest absolute Gasteiger partial charge is 0.438 e. The first-order valence-electron chi connectivity index (χ1n) is 8.76. The molecule has 3 rings (SSSR count). The number of rotatable bonds is 5. The Kier molecular flexibility index (Phi) is 5.52. The second-order valence-corrected chi connectivity index (χ2v) is 6.60. The van der Waals surface area contributed by atoms with Gasteiger partial charge in [0.1, 0.15) is 11.5 Å². The highest BCUT2D eigenvalue weighted by Gasteiger charge is 2.63. The summed E-state index contributed by atoms with van der Waals surface area (Å²) in [4.78, 5) is 12.5. The van der Waals surface area contributed by atoms with E-state index in [4.69, 9.17) is 4.74 Å². The average Bonchev–Trinajstić information content (AvgIpc) is 3.06. The van der Waals surface area contributed by atoms with Crippen LogP contribution in [0.4, 0.5) is 13.2 Å². The molecular weight excluding hydrogens is 389 g/mol. The summed E-state index contributed by atoms with van der Waals surface area (Å²) in [6.45, 7) is 0. The topological polar surface area (TPSA) is 82.4 Å². The SMILES string of the molecule is COc1cccc(C2=NN(C(=O)CCc3ccccc3O)[C@@](O)(C(F)(F)F)C2)c1. The van der Waals surface area contributed by atoms with E-state index in [1.54, 1.807) is 30.3 Å². The summed E-state index contributed by atoms with van der Waals surface area (Å²) in [5.74, 6) is -0.663. The molecule has 1 aliphatic heterocycles. The van der Waals surface area contributed by atoms with Gasteiger partial charge in [0.2, 0.25) is 5.91 Å². The molecule has 0 unspecified atom stereocenters. The van der Waals surface area contributed by atoms with Gasteiger partial charge < -0.3 is 14.9 Å². The highest BCUT2D eigenvalue weighted by molar-refractivity contribution is 6.03. The molecule has 2 N–H and O–H groups in total. The number of aromatic hydroxyl groups is 1. The third kappa shape index (κ3) is 4.04. The number of benzene rings is 2. The summed E-state index contributed by atoms with van der Waals surface area (Å²) in [6, 6.07) is 12.4. The van der Waals surface area contributed by atoms with Crippen LogP contribution in [0.25, 0.3) is 0 Å². The second kappa shape index (κ2) is 7.75. The van der Waals surface area contributed by atoms with Crippen LogP contribution in [0.3, 0.4) is 0 Å². The van der Waals surface area contributed by atoms with Crippen LogP contribution < -0.4 is 4.74 Å². The van der Waals surface area contributed by atoms with Crippen LogP contribution in [-0.4, -0.2) is 45.9 Å². The van der Waals surface area contributed by atoms with E-state index in [1.807, 2.05) is 0 Å². The zero-order chi connectivity index (χ0) is 21.2. The van der Waals surface area contributed by atoms with E-state index in [0.717, 1.165) is 0 Å².